The van der Waals surface area contributed by atoms with E-state index in [1.807, 2.05) is 35.3 Å². The van der Waals surface area contributed by atoms with Gasteiger partial charge in [0, 0.05) is 0 Å². The van der Waals surface area contributed by atoms with Gasteiger partial charge in [-0.05, 0) is 19.1 Å². The van der Waals surface area contributed by atoms with Crippen LogP contribution >= 0.6 is 11.6 Å². The first-order chi connectivity index (χ1) is 13.0. The lowest BCUT2D eigenvalue weighted by Crippen LogP contribution is -2.31. The third kappa shape index (κ3) is 4.18. The Labute approximate surface area is 156 Å². The fourth-order valence-electron chi connectivity index (χ4n) is 2.25. The standard InChI is InChI=1S/C16H14ClN7O3/c1-9-11(14(17)24(23-9)10-5-3-2-4-6-10)8-18-21-13(25)7-12-15(26)19-16(27)22-20-12/h2-6,8H,7H2,1H3,(H,21,25)(H2,19,22,26,27)/b18-8-. The number of H-pyrrole nitrogens is 2. The Morgan fingerprint density at radius 2 is 2.07 bits per heavy atom. The molecular formula is C16H14ClN7O3. The van der Waals surface area contributed by atoms with Gasteiger partial charge in [-0.2, -0.15) is 15.3 Å². The molecule has 10 nitrogen and oxygen atoms in total. The van der Waals surface area contributed by atoms with Crippen LogP contribution in [0.1, 0.15) is 17.0 Å². The van der Waals surface area contributed by atoms with Crippen molar-refractivity contribution in [1.29, 1.82) is 0 Å². The van der Waals surface area contributed by atoms with Gasteiger partial charge < -0.3 is 0 Å². The lowest BCUT2D eigenvalue weighted by molar-refractivity contribution is -0.120. The predicted molar refractivity (Wildman–Crippen MR) is 98.2 cm³/mol. The molecule has 0 atom stereocenters. The third-order valence-corrected chi connectivity index (χ3v) is 3.90. The lowest BCUT2D eigenvalue weighted by atomic mass is 10.3. The molecule has 0 saturated carbocycles. The third-order valence-electron chi connectivity index (χ3n) is 3.54. The molecule has 3 rings (SSSR count). The Hall–Kier alpha value is -3.53. The molecule has 0 bridgehead atoms. The molecular weight excluding hydrogens is 374 g/mol. The normalized spacial score (nSPS) is 11.0. The van der Waals surface area contributed by atoms with E-state index in [2.05, 4.69) is 25.8 Å². The average Bonchev–Trinajstić information content (AvgIpc) is 2.93. The molecule has 0 radical (unpaired) electrons. The number of hydrogen-bond acceptors (Lipinski definition) is 6. The second-order valence-electron chi connectivity index (χ2n) is 5.46. The van der Waals surface area contributed by atoms with Crippen LogP contribution in [-0.2, 0) is 11.2 Å². The van der Waals surface area contributed by atoms with Gasteiger partial charge in [-0.25, -0.2) is 20.0 Å². The van der Waals surface area contributed by atoms with Gasteiger partial charge in [0.05, 0.1) is 29.6 Å². The highest BCUT2D eigenvalue weighted by Crippen LogP contribution is 2.21. The van der Waals surface area contributed by atoms with Gasteiger partial charge in [-0.1, -0.05) is 29.8 Å². The number of hydrogen-bond donors (Lipinski definition) is 3. The van der Waals surface area contributed by atoms with Gasteiger partial charge in [0.2, 0.25) is 5.91 Å². The fraction of sp³-hybridized carbons (Fsp3) is 0.125. The molecule has 2 heterocycles. The van der Waals surface area contributed by atoms with E-state index < -0.39 is 17.2 Å². The van der Waals surface area contributed by atoms with Gasteiger partial charge in [0.25, 0.3) is 5.56 Å². The predicted octanol–water partition coefficient (Wildman–Crippen LogP) is 0.299. The summed E-state index contributed by atoms with van der Waals surface area (Å²) in [4.78, 5) is 36.3. The number of amides is 1. The van der Waals surface area contributed by atoms with Crippen LogP contribution in [0.3, 0.4) is 0 Å². The molecule has 0 aliphatic rings. The molecule has 0 saturated heterocycles. The van der Waals surface area contributed by atoms with E-state index in [0.717, 1.165) is 5.69 Å². The molecule has 1 aromatic carbocycles. The number of nitrogens with one attached hydrogen (secondary N) is 3. The van der Waals surface area contributed by atoms with Gasteiger partial charge in [0.15, 0.2) is 0 Å². The smallest absolute Gasteiger partial charge is 0.273 e. The molecule has 3 aromatic rings. The van der Waals surface area contributed by atoms with Crippen molar-refractivity contribution < 1.29 is 4.79 Å². The van der Waals surface area contributed by atoms with Crippen molar-refractivity contribution in [1.82, 2.24) is 30.4 Å². The van der Waals surface area contributed by atoms with Crippen molar-refractivity contribution in [2.75, 3.05) is 0 Å². The summed E-state index contributed by atoms with van der Waals surface area (Å²) < 4.78 is 1.56. The maximum absolute atomic E-state index is 11.9. The van der Waals surface area contributed by atoms with E-state index in [1.54, 1.807) is 11.6 Å². The van der Waals surface area contributed by atoms with Crippen LogP contribution in [0, 0.1) is 6.92 Å². The molecule has 0 aliphatic carbocycles. The summed E-state index contributed by atoms with van der Waals surface area (Å²) in [5.74, 6) is -0.583. The topological polar surface area (TPSA) is 138 Å². The van der Waals surface area contributed by atoms with Crippen molar-refractivity contribution in [2.45, 2.75) is 13.3 Å². The number of aryl methyl sites for hydroxylation is 1. The first kappa shape index (κ1) is 18.3. The minimum absolute atomic E-state index is 0.131. The van der Waals surface area contributed by atoms with Crippen LogP contribution in [0.4, 0.5) is 0 Å². The molecule has 1 amide bonds. The molecule has 27 heavy (non-hydrogen) atoms. The van der Waals surface area contributed by atoms with E-state index in [1.165, 1.54) is 6.21 Å². The molecule has 3 N–H and O–H groups in total. The number of rotatable bonds is 5. The van der Waals surface area contributed by atoms with Crippen molar-refractivity contribution in [3.05, 3.63) is 73.3 Å². The largest absolute Gasteiger partial charge is 0.342 e. The van der Waals surface area contributed by atoms with Crippen LogP contribution in [0.2, 0.25) is 5.15 Å². The molecule has 0 fully saturated rings. The van der Waals surface area contributed by atoms with Crippen molar-refractivity contribution >= 4 is 23.7 Å². The minimum Gasteiger partial charge on any atom is -0.273 e. The maximum Gasteiger partial charge on any atom is 0.342 e. The Morgan fingerprint density at radius 3 is 2.78 bits per heavy atom. The highest BCUT2D eigenvalue weighted by molar-refractivity contribution is 6.32. The summed E-state index contributed by atoms with van der Waals surface area (Å²) in [5, 5.41) is 14.1. The van der Waals surface area contributed by atoms with Crippen molar-refractivity contribution in [3.8, 4) is 5.69 Å². The second kappa shape index (κ2) is 7.79. The summed E-state index contributed by atoms with van der Waals surface area (Å²) in [7, 11) is 0. The first-order valence-corrected chi connectivity index (χ1v) is 8.14. The number of nitrogens with zero attached hydrogens (tertiary/aromatic N) is 4. The zero-order chi connectivity index (χ0) is 19.4. The fourth-order valence-corrected chi connectivity index (χ4v) is 2.57. The van der Waals surface area contributed by atoms with E-state index in [0.29, 0.717) is 16.4 Å². The summed E-state index contributed by atoms with van der Waals surface area (Å²) in [5.41, 5.74) is 2.62. The number of aromatic amines is 2. The van der Waals surface area contributed by atoms with Crippen LogP contribution in [0.15, 0.2) is 45.0 Å². The van der Waals surface area contributed by atoms with Crippen LogP contribution in [0.5, 0.6) is 0 Å². The highest BCUT2D eigenvalue weighted by Gasteiger charge is 2.13. The summed E-state index contributed by atoms with van der Waals surface area (Å²) in [6.07, 6.45) is 1.02. The van der Waals surface area contributed by atoms with E-state index in [-0.39, 0.29) is 12.1 Å². The van der Waals surface area contributed by atoms with Crippen LogP contribution in [-0.4, -0.2) is 37.1 Å². The van der Waals surface area contributed by atoms with Gasteiger partial charge in [-0.15, -0.1) is 0 Å². The van der Waals surface area contributed by atoms with Crippen molar-refractivity contribution in [2.24, 2.45) is 5.10 Å². The Kier molecular flexibility index (Phi) is 5.27. The van der Waals surface area contributed by atoms with Gasteiger partial charge in [-0.3, -0.25) is 14.6 Å². The number of hydrazone groups is 1. The minimum atomic E-state index is -0.747. The molecule has 0 spiro atoms. The number of halogens is 1. The lowest BCUT2D eigenvalue weighted by Gasteiger charge is -2.02. The first-order valence-electron chi connectivity index (χ1n) is 7.76. The summed E-state index contributed by atoms with van der Waals surface area (Å²) >= 11 is 6.35. The highest BCUT2D eigenvalue weighted by atomic mass is 35.5. The SMILES string of the molecule is Cc1nn(-c2ccccc2)c(Cl)c1/C=N\NC(=O)Cc1n[nH]c(=O)[nH]c1=O. The molecule has 0 aliphatic heterocycles. The number of carbonyl (C=O) groups is 1. The van der Waals surface area contributed by atoms with Crippen molar-refractivity contribution in [3.63, 3.8) is 0 Å². The summed E-state index contributed by atoms with van der Waals surface area (Å²) in [6.45, 7) is 1.76. The van der Waals surface area contributed by atoms with Crippen LogP contribution in [0.25, 0.3) is 5.69 Å². The van der Waals surface area contributed by atoms with Gasteiger partial charge in [0.1, 0.15) is 10.8 Å². The molecule has 2 aromatic heterocycles. The maximum atomic E-state index is 11.9. The molecule has 11 heteroatoms. The number of benzene rings is 1. The monoisotopic (exact) mass is 387 g/mol. The quantitative estimate of drug-likeness (QED) is 0.427. The number of aromatic nitrogens is 5. The molecule has 0 unspecified atom stereocenters. The zero-order valence-electron chi connectivity index (χ0n) is 14.1. The van der Waals surface area contributed by atoms with Crippen LogP contribution < -0.4 is 16.7 Å². The van der Waals surface area contributed by atoms with Gasteiger partial charge >= 0.3 is 5.69 Å². The van der Waals surface area contributed by atoms with E-state index >= 15 is 0 Å². The Morgan fingerprint density at radius 1 is 1.33 bits per heavy atom. The number of para-hydroxylation sites is 1. The molecule has 138 valence electrons. The van der Waals surface area contributed by atoms with E-state index in [4.69, 9.17) is 11.6 Å². The number of carbonyl (C=O) groups excluding carboxylic acids is 1. The Bertz CT molecular complexity index is 1120. The second-order valence-corrected chi connectivity index (χ2v) is 5.82. The summed E-state index contributed by atoms with van der Waals surface area (Å²) in [6, 6.07) is 9.33. The zero-order valence-corrected chi connectivity index (χ0v) is 14.8. The average molecular weight is 388 g/mol. The Balaban J connectivity index is 1.71. The van der Waals surface area contributed by atoms with E-state index in [9.17, 15) is 14.4 Å².